The number of H-pyrrole nitrogens is 1. The summed E-state index contributed by atoms with van der Waals surface area (Å²) in [7, 11) is 3.45. The molecule has 0 aliphatic rings. The van der Waals surface area contributed by atoms with Crippen molar-refractivity contribution in [1.29, 1.82) is 0 Å². The fourth-order valence-electron chi connectivity index (χ4n) is 2.26. The summed E-state index contributed by atoms with van der Waals surface area (Å²) in [6, 6.07) is 5.38. The number of methoxy groups -OCH3 is 1. The quantitative estimate of drug-likeness (QED) is 0.779. The van der Waals surface area contributed by atoms with Crippen molar-refractivity contribution in [3.05, 3.63) is 35.6 Å². The summed E-state index contributed by atoms with van der Waals surface area (Å²) in [5.74, 6) is 1.06. The Balaban J connectivity index is 2.24. The summed E-state index contributed by atoms with van der Waals surface area (Å²) in [6.45, 7) is 0. The summed E-state index contributed by atoms with van der Waals surface area (Å²) in [5, 5.41) is 11.8. The molecule has 0 aliphatic heterocycles. The molecule has 0 fully saturated rings. The number of benzene rings is 1. The van der Waals surface area contributed by atoms with Gasteiger partial charge in [0.25, 0.3) is 0 Å². The van der Waals surface area contributed by atoms with Crippen molar-refractivity contribution in [2.75, 3.05) is 12.8 Å². The highest BCUT2D eigenvalue weighted by molar-refractivity contribution is 6.31. The summed E-state index contributed by atoms with van der Waals surface area (Å²) < 4.78 is 7.11. The van der Waals surface area contributed by atoms with Gasteiger partial charge >= 0.3 is 0 Å². The van der Waals surface area contributed by atoms with Crippen LogP contribution in [-0.4, -0.2) is 27.1 Å². The van der Waals surface area contributed by atoms with E-state index in [1.165, 1.54) is 0 Å². The number of hydrogen-bond donors (Lipinski definition) is 2. The molecular formula is C14H14ClN5O. The van der Waals surface area contributed by atoms with Crippen LogP contribution >= 0.6 is 11.6 Å². The molecule has 3 rings (SSSR count). The van der Waals surface area contributed by atoms with Gasteiger partial charge in [0.2, 0.25) is 0 Å². The zero-order valence-electron chi connectivity index (χ0n) is 11.6. The van der Waals surface area contributed by atoms with E-state index in [9.17, 15) is 0 Å². The van der Waals surface area contributed by atoms with Crippen molar-refractivity contribution in [2.24, 2.45) is 7.05 Å². The van der Waals surface area contributed by atoms with Crippen LogP contribution in [0.4, 0.5) is 5.82 Å². The van der Waals surface area contributed by atoms with Crippen molar-refractivity contribution in [2.45, 2.75) is 0 Å². The Bertz CT molecular complexity index is 793. The highest BCUT2D eigenvalue weighted by Crippen LogP contribution is 2.40. The number of aromatic nitrogens is 4. The first-order valence-corrected chi connectivity index (χ1v) is 6.64. The topological polar surface area (TPSA) is 81.8 Å². The summed E-state index contributed by atoms with van der Waals surface area (Å²) >= 11 is 6.10. The van der Waals surface area contributed by atoms with Crippen LogP contribution in [0, 0.1) is 0 Å². The Morgan fingerprint density at radius 3 is 2.86 bits per heavy atom. The van der Waals surface area contributed by atoms with E-state index < -0.39 is 0 Å². The zero-order valence-corrected chi connectivity index (χ0v) is 12.3. The normalized spacial score (nSPS) is 10.8. The molecule has 21 heavy (non-hydrogen) atoms. The Morgan fingerprint density at radius 1 is 1.38 bits per heavy atom. The Hall–Kier alpha value is -2.47. The number of nitrogens with one attached hydrogen (secondary N) is 1. The lowest BCUT2D eigenvalue weighted by molar-refractivity contribution is 0.416. The average Bonchev–Trinajstić information content (AvgIpc) is 3.04. The van der Waals surface area contributed by atoms with Gasteiger partial charge in [0, 0.05) is 29.4 Å². The number of nitrogens with two attached hydrogens (primary N) is 1. The molecule has 3 aromatic rings. The van der Waals surface area contributed by atoms with Crippen LogP contribution in [0.1, 0.15) is 0 Å². The fourth-order valence-corrected chi connectivity index (χ4v) is 2.44. The van der Waals surface area contributed by atoms with Crippen LogP contribution in [0.15, 0.2) is 30.6 Å². The van der Waals surface area contributed by atoms with Gasteiger partial charge in [-0.2, -0.15) is 10.2 Å². The molecule has 0 unspecified atom stereocenters. The van der Waals surface area contributed by atoms with E-state index >= 15 is 0 Å². The second-order valence-corrected chi connectivity index (χ2v) is 5.04. The van der Waals surface area contributed by atoms with E-state index in [-0.39, 0.29) is 0 Å². The number of aromatic amines is 1. The molecule has 0 aliphatic carbocycles. The van der Waals surface area contributed by atoms with Crippen molar-refractivity contribution >= 4 is 17.4 Å². The molecule has 0 radical (unpaired) electrons. The van der Waals surface area contributed by atoms with Gasteiger partial charge in [0.15, 0.2) is 5.82 Å². The minimum atomic E-state index is 0.384. The van der Waals surface area contributed by atoms with Gasteiger partial charge in [-0.1, -0.05) is 11.6 Å². The first kappa shape index (κ1) is 13.5. The minimum Gasteiger partial charge on any atom is -0.496 e. The van der Waals surface area contributed by atoms with E-state index in [0.29, 0.717) is 16.6 Å². The van der Waals surface area contributed by atoms with Crippen LogP contribution in [0.2, 0.25) is 5.02 Å². The van der Waals surface area contributed by atoms with Gasteiger partial charge in [-0.15, -0.1) is 0 Å². The average molecular weight is 304 g/mol. The van der Waals surface area contributed by atoms with Crippen molar-refractivity contribution in [1.82, 2.24) is 20.0 Å². The molecule has 1 aromatic carbocycles. The summed E-state index contributed by atoms with van der Waals surface area (Å²) in [4.78, 5) is 0. The van der Waals surface area contributed by atoms with Gasteiger partial charge < -0.3 is 10.5 Å². The molecular weight excluding hydrogens is 290 g/mol. The predicted octanol–water partition coefficient (Wildman–Crippen LogP) is 2.72. The monoisotopic (exact) mass is 303 g/mol. The maximum Gasteiger partial charge on any atom is 0.153 e. The number of aryl methyl sites for hydroxylation is 1. The molecule has 0 saturated heterocycles. The first-order chi connectivity index (χ1) is 10.1. The predicted molar refractivity (Wildman–Crippen MR) is 82.2 cm³/mol. The number of hydrogen-bond acceptors (Lipinski definition) is 4. The summed E-state index contributed by atoms with van der Waals surface area (Å²) in [5.41, 5.74) is 9.23. The van der Waals surface area contributed by atoms with E-state index in [2.05, 4.69) is 15.3 Å². The standard InChI is InChI=1S/C14H14ClN5O/c1-20-7-8(6-17-20)13-12(14(16)19-18-13)10-5-9(15)3-4-11(10)21-2/h3-7H,1-2H3,(H3,16,18,19). The highest BCUT2D eigenvalue weighted by Gasteiger charge is 2.19. The molecule has 2 aromatic heterocycles. The van der Waals surface area contributed by atoms with E-state index in [1.54, 1.807) is 30.1 Å². The van der Waals surface area contributed by atoms with Gasteiger partial charge in [0.05, 0.1) is 24.6 Å². The van der Waals surface area contributed by atoms with Crippen LogP contribution < -0.4 is 10.5 Å². The van der Waals surface area contributed by atoms with Crippen LogP contribution in [-0.2, 0) is 7.05 Å². The molecule has 6 nitrogen and oxygen atoms in total. The van der Waals surface area contributed by atoms with E-state index in [0.717, 1.165) is 22.4 Å². The third-order valence-electron chi connectivity index (χ3n) is 3.22. The Kier molecular flexibility index (Phi) is 3.31. The van der Waals surface area contributed by atoms with Crippen LogP contribution in [0.3, 0.4) is 0 Å². The molecule has 0 atom stereocenters. The van der Waals surface area contributed by atoms with Gasteiger partial charge in [-0.25, -0.2) is 0 Å². The maximum atomic E-state index is 6.10. The van der Waals surface area contributed by atoms with Crippen molar-refractivity contribution in [3.8, 4) is 28.1 Å². The maximum absolute atomic E-state index is 6.10. The fraction of sp³-hybridized carbons (Fsp3) is 0.143. The van der Waals surface area contributed by atoms with Crippen molar-refractivity contribution < 1.29 is 4.74 Å². The summed E-state index contributed by atoms with van der Waals surface area (Å²) in [6.07, 6.45) is 3.63. The number of halogens is 1. The molecule has 0 bridgehead atoms. The Labute approximate surface area is 126 Å². The zero-order chi connectivity index (χ0) is 15.0. The lowest BCUT2D eigenvalue weighted by Crippen LogP contribution is -1.92. The van der Waals surface area contributed by atoms with E-state index in [1.807, 2.05) is 19.3 Å². The minimum absolute atomic E-state index is 0.384. The largest absolute Gasteiger partial charge is 0.496 e. The number of nitrogens with zero attached hydrogens (tertiary/aromatic N) is 3. The number of rotatable bonds is 3. The lowest BCUT2D eigenvalue weighted by Gasteiger charge is -2.09. The Morgan fingerprint density at radius 2 is 2.19 bits per heavy atom. The third-order valence-corrected chi connectivity index (χ3v) is 3.45. The smallest absolute Gasteiger partial charge is 0.153 e. The molecule has 7 heteroatoms. The number of ether oxygens (including phenoxy) is 1. The second kappa shape index (κ2) is 5.14. The molecule has 108 valence electrons. The molecule has 2 heterocycles. The number of nitrogen functional groups attached to an aromatic ring is 1. The second-order valence-electron chi connectivity index (χ2n) is 4.61. The lowest BCUT2D eigenvalue weighted by atomic mass is 10.0. The van der Waals surface area contributed by atoms with Crippen LogP contribution in [0.5, 0.6) is 5.75 Å². The van der Waals surface area contributed by atoms with Gasteiger partial charge in [-0.3, -0.25) is 9.78 Å². The SMILES string of the molecule is COc1ccc(Cl)cc1-c1c(N)n[nH]c1-c1cnn(C)c1. The van der Waals surface area contributed by atoms with Gasteiger partial charge in [-0.05, 0) is 18.2 Å². The molecule has 0 saturated carbocycles. The molecule has 0 amide bonds. The van der Waals surface area contributed by atoms with Crippen molar-refractivity contribution in [3.63, 3.8) is 0 Å². The molecule has 3 N–H and O–H groups in total. The van der Waals surface area contributed by atoms with Crippen LogP contribution in [0.25, 0.3) is 22.4 Å². The highest BCUT2D eigenvalue weighted by atomic mass is 35.5. The molecule has 0 spiro atoms. The third kappa shape index (κ3) is 2.34. The van der Waals surface area contributed by atoms with Gasteiger partial charge in [0.1, 0.15) is 5.75 Å². The first-order valence-electron chi connectivity index (χ1n) is 6.27. The van der Waals surface area contributed by atoms with E-state index in [4.69, 9.17) is 22.1 Å². The number of anilines is 1.